The van der Waals surface area contributed by atoms with Crippen LogP contribution in [-0.4, -0.2) is 34.2 Å². The van der Waals surface area contributed by atoms with E-state index in [2.05, 4.69) is 15.6 Å². The minimum absolute atomic E-state index is 0.0557. The molecule has 21 heavy (non-hydrogen) atoms. The first kappa shape index (κ1) is 15.0. The quantitative estimate of drug-likeness (QED) is 0.642. The molecular weight excluding hydrogens is 296 g/mol. The van der Waals surface area contributed by atoms with Crippen LogP contribution in [0.2, 0.25) is 0 Å². The zero-order chi connectivity index (χ0) is 15.4. The molecule has 1 aromatic rings. The maximum Gasteiger partial charge on any atom is 0.269 e. The topological polar surface area (TPSA) is 114 Å². The fraction of sp³-hybridized carbons (Fsp3) is 0.250. The van der Waals surface area contributed by atoms with Crippen LogP contribution in [-0.2, 0) is 9.59 Å². The largest absolute Gasteiger partial charge is 0.325 e. The Bertz CT molecular complexity index is 614. The third kappa shape index (κ3) is 3.78. The molecule has 0 radical (unpaired) electrons. The number of nitro groups is 1. The first-order valence-electron chi connectivity index (χ1n) is 5.98. The number of aliphatic imine (C=N–C) groups is 1. The second-order valence-corrected chi connectivity index (χ2v) is 5.37. The van der Waals surface area contributed by atoms with Gasteiger partial charge in [-0.2, -0.15) is 0 Å². The highest BCUT2D eigenvalue weighted by atomic mass is 32.2. The van der Waals surface area contributed by atoms with Gasteiger partial charge in [0.15, 0.2) is 5.17 Å². The van der Waals surface area contributed by atoms with Crippen LogP contribution < -0.4 is 10.6 Å². The molecule has 1 aliphatic heterocycles. The maximum absolute atomic E-state index is 12.1. The Morgan fingerprint density at radius 3 is 2.71 bits per heavy atom. The number of hydrogen-bond donors (Lipinski definition) is 2. The van der Waals surface area contributed by atoms with E-state index in [-0.39, 0.29) is 23.9 Å². The van der Waals surface area contributed by atoms with Crippen LogP contribution in [0.4, 0.5) is 11.4 Å². The number of nitrogens with one attached hydrogen (secondary N) is 2. The van der Waals surface area contributed by atoms with E-state index >= 15 is 0 Å². The second-order valence-electron chi connectivity index (χ2n) is 4.18. The zero-order valence-corrected chi connectivity index (χ0v) is 11.8. The van der Waals surface area contributed by atoms with Gasteiger partial charge in [0.25, 0.3) is 5.69 Å². The van der Waals surface area contributed by atoms with Crippen LogP contribution >= 0.6 is 11.8 Å². The molecule has 1 aromatic carbocycles. The molecular formula is C12H12N4O4S. The van der Waals surface area contributed by atoms with Crippen molar-refractivity contribution in [1.29, 1.82) is 0 Å². The zero-order valence-electron chi connectivity index (χ0n) is 11.0. The summed E-state index contributed by atoms with van der Waals surface area (Å²) in [6, 6.07) is 5.49. The summed E-state index contributed by atoms with van der Waals surface area (Å²) in [4.78, 5) is 37.4. The molecule has 1 aliphatic rings. The number of amidine groups is 1. The van der Waals surface area contributed by atoms with E-state index < -0.39 is 10.2 Å². The number of carbonyl (C=O) groups is 2. The molecule has 1 fully saturated rings. The van der Waals surface area contributed by atoms with Crippen molar-refractivity contribution in [2.75, 3.05) is 12.4 Å². The second kappa shape index (κ2) is 6.35. The summed E-state index contributed by atoms with van der Waals surface area (Å²) in [6.07, 6.45) is 0.0580. The van der Waals surface area contributed by atoms with Crippen molar-refractivity contribution in [3.05, 3.63) is 34.4 Å². The van der Waals surface area contributed by atoms with Crippen molar-refractivity contribution in [2.45, 2.75) is 11.7 Å². The van der Waals surface area contributed by atoms with Crippen molar-refractivity contribution < 1.29 is 14.5 Å². The minimum atomic E-state index is -0.576. The molecule has 2 amide bonds. The van der Waals surface area contributed by atoms with Crippen molar-refractivity contribution in [3.8, 4) is 0 Å². The molecule has 0 bridgehead atoms. The Balaban J connectivity index is 2.03. The van der Waals surface area contributed by atoms with Crippen molar-refractivity contribution in [1.82, 2.24) is 5.32 Å². The lowest BCUT2D eigenvalue weighted by atomic mass is 10.2. The number of anilines is 1. The van der Waals surface area contributed by atoms with Gasteiger partial charge in [0.2, 0.25) is 11.8 Å². The highest BCUT2D eigenvalue weighted by Crippen LogP contribution is 2.23. The van der Waals surface area contributed by atoms with E-state index in [0.717, 1.165) is 0 Å². The van der Waals surface area contributed by atoms with Crippen molar-refractivity contribution in [2.24, 2.45) is 4.99 Å². The van der Waals surface area contributed by atoms with E-state index in [0.29, 0.717) is 10.9 Å². The van der Waals surface area contributed by atoms with E-state index in [4.69, 9.17) is 0 Å². The summed E-state index contributed by atoms with van der Waals surface area (Å²) in [7, 11) is 1.53. The maximum atomic E-state index is 12.1. The number of amides is 2. The number of nitro benzene ring substituents is 1. The molecule has 0 aliphatic carbocycles. The lowest BCUT2D eigenvalue weighted by molar-refractivity contribution is -0.384. The standard InChI is InChI=1S/C12H12N4O4S/c1-13-12-15-10(17)6-9(21-12)11(18)14-7-2-4-8(5-3-7)16(19)20/h2-5,9H,6H2,1H3,(H,14,18)(H,13,15,17)/t9-/m0/s1. The predicted molar refractivity (Wildman–Crippen MR) is 79.2 cm³/mol. The van der Waals surface area contributed by atoms with E-state index in [1.165, 1.54) is 43.1 Å². The highest BCUT2D eigenvalue weighted by Gasteiger charge is 2.29. The smallest absolute Gasteiger partial charge is 0.269 e. The Hall–Kier alpha value is -2.42. The summed E-state index contributed by atoms with van der Waals surface area (Å²) in [5, 5.41) is 15.5. The molecule has 9 heteroatoms. The van der Waals surface area contributed by atoms with Crippen LogP contribution in [0.25, 0.3) is 0 Å². The lowest BCUT2D eigenvalue weighted by Crippen LogP contribution is -2.41. The fourth-order valence-electron chi connectivity index (χ4n) is 1.69. The molecule has 0 saturated carbocycles. The molecule has 1 saturated heterocycles. The number of thioether (sulfide) groups is 1. The summed E-state index contributed by atoms with van der Waals surface area (Å²) in [6.45, 7) is 0. The Morgan fingerprint density at radius 2 is 2.14 bits per heavy atom. The number of benzene rings is 1. The minimum Gasteiger partial charge on any atom is -0.325 e. The number of nitrogens with zero attached hydrogens (tertiary/aromatic N) is 2. The summed E-state index contributed by atoms with van der Waals surface area (Å²) in [5.74, 6) is -0.608. The van der Waals surface area contributed by atoms with Gasteiger partial charge in [-0.25, -0.2) is 0 Å². The van der Waals surface area contributed by atoms with Gasteiger partial charge in [-0.15, -0.1) is 0 Å². The Labute approximate surface area is 124 Å². The SMILES string of the molecule is CN=C1NC(=O)C[C@@H](C(=O)Nc2ccc([N+](=O)[O-])cc2)S1. The molecule has 8 nitrogen and oxygen atoms in total. The number of carbonyl (C=O) groups excluding carboxylic acids is 2. The molecule has 2 N–H and O–H groups in total. The number of hydrogen-bond acceptors (Lipinski definition) is 6. The van der Waals surface area contributed by atoms with Crippen molar-refractivity contribution >= 4 is 40.1 Å². The molecule has 0 aromatic heterocycles. The van der Waals surface area contributed by atoms with Gasteiger partial charge in [-0.1, -0.05) is 11.8 Å². The van der Waals surface area contributed by atoms with Crippen LogP contribution in [0.1, 0.15) is 6.42 Å². The van der Waals surface area contributed by atoms with Crippen LogP contribution in [0, 0.1) is 10.1 Å². The van der Waals surface area contributed by atoms with E-state index in [9.17, 15) is 19.7 Å². The van der Waals surface area contributed by atoms with Crippen molar-refractivity contribution in [3.63, 3.8) is 0 Å². The average Bonchev–Trinajstić information content (AvgIpc) is 2.47. The predicted octanol–water partition coefficient (Wildman–Crippen LogP) is 1.14. The van der Waals surface area contributed by atoms with Gasteiger partial charge in [-0.05, 0) is 12.1 Å². The fourth-order valence-corrected chi connectivity index (χ4v) is 2.64. The molecule has 1 atom stereocenters. The van der Waals surface area contributed by atoms with E-state index in [1.807, 2.05) is 0 Å². The summed E-state index contributed by atoms with van der Waals surface area (Å²) in [5.41, 5.74) is 0.381. The number of non-ortho nitro benzene ring substituents is 1. The Morgan fingerprint density at radius 1 is 1.48 bits per heavy atom. The first-order chi connectivity index (χ1) is 9.99. The normalized spacial score (nSPS) is 20.0. The van der Waals surface area contributed by atoms with Gasteiger partial charge in [0.1, 0.15) is 5.25 Å². The van der Waals surface area contributed by atoms with Gasteiger partial charge < -0.3 is 10.6 Å². The summed E-state index contributed by atoms with van der Waals surface area (Å²) < 4.78 is 0. The van der Waals surface area contributed by atoms with Crippen LogP contribution in [0.5, 0.6) is 0 Å². The molecule has 2 rings (SSSR count). The Kier molecular flexibility index (Phi) is 4.53. The third-order valence-electron chi connectivity index (χ3n) is 2.71. The van der Waals surface area contributed by atoms with Gasteiger partial charge in [-0.3, -0.25) is 24.7 Å². The third-order valence-corrected chi connectivity index (χ3v) is 3.89. The molecule has 110 valence electrons. The molecule has 1 heterocycles. The van der Waals surface area contributed by atoms with Crippen LogP contribution in [0.3, 0.4) is 0 Å². The van der Waals surface area contributed by atoms with E-state index in [1.54, 1.807) is 0 Å². The molecule has 0 unspecified atom stereocenters. The van der Waals surface area contributed by atoms with Gasteiger partial charge >= 0.3 is 0 Å². The van der Waals surface area contributed by atoms with Crippen LogP contribution in [0.15, 0.2) is 29.3 Å². The average molecular weight is 308 g/mol. The molecule has 0 spiro atoms. The first-order valence-corrected chi connectivity index (χ1v) is 6.86. The lowest BCUT2D eigenvalue weighted by Gasteiger charge is -2.21. The number of rotatable bonds is 3. The van der Waals surface area contributed by atoms with Gasteiger partial charge in [0, 0.05) is 31.3 Å². The monoisotopic (exact) mass is 308 g/mol. The highest BCUT2D eigenvalue weighted by molar-refractivity contribution is 8.15. The summed E-state index contributed by atoms with van der Waals surface area (Å²) >= 11 is 1.17. The van der Waals surface area contributed by atoms with Gasteiger partial charge in [0.05, 0.1) is 4.92 Å².